The Kier molecular flexibility index (Phi) is 3.53. The molecule has 104 valence electrons. The monoisotopic (exact) mass is 290 g/mol. The number of aryl methyl sites for hydroxylation is 1. The van der Waals surface area contributed by atoms with Crippen LogP contribution < -0.4 is 10.6 Å². The molecule has 0 radical (unpaired) electrons. The Morgan fingerprint density at radius 2 is 2.05 bits per heavy atom. The first kappa shape index (κ1) is 13.3. The lowest BCUT2D eigenvalue weighted by molar-refractivity contribution is 0.626. The van der Waals surface area contributed by atoms with Gasteiger partial charge in [-0.05, 0) is 54.3 Å². The van der Waals surface area contributed by atoms with E-state index >= 15 is 0 Å². The van der Waals surface area contributed by atoms with Crippen molar-refractivity contribution in [3.8, 4) is 0 Å². The van der Waals surface area contributed by atoms with E-state index in [-0.39, 0.29) is 5.82 Å². The predicted octanol–water partition coefficient (Wildman–Crippen LogP) is 4.01. The summed E-state index contributed by atoms with van der Waals surface area (Å²) >= 11 is 6.11. The van der Waals surface area contributed by atoms with Gasteiger partial charge >= 0.3 is 0 Å². The van der Waals surface area contributed by atoms with Crippen molar-refractivity contribution in [1.82, 2.24) is 0 Å². The second kappa shape index (κ2) is 5.33. The minimum atomic E-state index is -0.300. The third-order valence-corrected chi connectivity index (χ3v) is 4.05. The highest BCUT2D eigenvalue weighted by molar-refractivity contribution is 6.31. The summed E-state index contributed by atoms with van der Waals surface area (Å²) < 4.78 is 13.1. The highest BCUT2D eigenvalue weighted by Crippen LogP contribution is 2.31. The number of nitrogens with two attached hydrogens (primary N) is 1. The van der Waals surface area contributed by atoms with Gasteiger partial charge < -0.3 is 10.6 Å². The number of hydrogen-bond acceptors (Lipinski definition) is 2. The van der Waals surface area contributed by atoms with Crippen molar-refractivity contribution in [2.75, 3.05) is 17.2 Å². The number of anilines is 2. The number of nitrogens with zero attached hydrogens (tertiary/aromatic N) is 1. The summed E-state index contributed by atoms with van der Waals surface area (Å²) in [6.45, 7) is 1.67. The molecule has 0 aromatic heterocycles. The van der Waals surface area contributed by atoms with E-state index in [9.17, 15) is 4.39 Å². The third kappa shape index (κ3) is 2.59. The molecule has 0 unspecified atom stereocenters. The van der Waals surface area contributed by atoms with Crippen molar-refractivity contribution in [3.63, 3.8) is 0 Å². The minimum Gasteiger partial charge on any atom is -0.399 e. The Balaban J connectivity index is 1.89. The average molecular weight is 291 g/mol. The fourth-order valence-corrected chi connectivity index (χ4v) is 2.94. The normalized spacial score (nSPS) is 14.2. The maximum Gasteiger partial charge on any atom is 0.124 e. The fraction of sp³-hybridized carbons (Fsp3) is 0.250. The summed E-state index contributed by atoms with van der Waals surface area (Å²) in [5.41, 5.74) is 10.1. The Labute approximate surface area is 123 Å². The summed E-state index contributed by atoms with van der Waals surface area (Å²) in [5, 5.41) is 0.479. The topological polar surface area (TPSA) is 29.3 Å². The molecular formula is C16H16ClFN2. The SMILES string of the molecule is Nc1ccc2c(c1)CCCN2Cc1ccc(F)cc1Cl. The van der Waals surface area contributed by atoms with Crippen LogP contribution in [-0.4, -0.2) is 6.54 Å². The smallest absolute Gasteiger partial charge is 0.124 e. The molecule has 2 aromatic rings. The summed E-state index contributed by atoms with van der Waals surface area (Å²) in [6.07, 6.45) is 2.14. The molecule has 20 heavy (non-hydrogen) atoms. The van der Waals surface area contributed by atoms with Gasteiger partial charge in [0.2, 0.25) is 0 Å². The van der Waals surface area contributed by atoms with Crippen LogP contribution in [-0.2, 0) is 13.0 Å². The van der Waals surface area contributed by atoms with Crippen LogP contribution in [0.3, 0.4) is 0 Å². The van der Waals surface area contributed by atoms with Crippen molar-refractivity contribution >= 4 is 23.0 Å². The number of hydrogen-bond donors (Lipinski definition) is 1. The van der Waals surface area contributed by atoms with Crippen molar-refractivity contribution in [3.05, 3.63) is 58.4 Å². The zero-order valence-electron chi connectivity index (χ0n) is 11.1. The maximum atomic E-state index is 13.1. The van der Waals surface area contributed by atoms with E-state index in [1.165, 1.54) is 23.4 Å². The molecule has 0 atom stereocenters. The van der Waals surface area contributed by atoms with Crippen LogP contribution in [0.15, 0.2) is 36.4 Å². The van der Waals surface area contributed by atoms with Gasteiger partial charge in [-0.3, -0.25) is 0 Å². The lowest BCUT2D eigenvalue weighted by Crippen LogP contribution is -2.29. The Hall–Kier alpha value is -1.74. The Morgan fingerprint density at radius 1 is 1.20 bits per heavy atom. The molecule has 0 saturated carbocycles. The van der Waals surface area contributed by atoms with E-state index in [0.29, 0.717) is 11.6 Å². The first-order valence-corrected chi connectivity index (χ1v) is 7.08. The summed E-state index contributed by atoms with van der Waals surface area (Å²) in [7, 11) is 0. The maximum absolute atomic E-state index is 13.1. The van der Waals surface area contributed by atoms with Gasteiger partial charge in [-0.25, -0.2) is 4.39 Å². The number of benzene rings is 2. The fourth-order valence-electron chi connectivity index (χ4n) is 2.71. The Bertz CT molecular complexity index is 642. The van der Waals surface area contributed by atoms with Gasteiger partial charge in [0.05, 0.1) is 0 Å². The van der Waals surface area contributed by atoms with Gasteiger partial charge in [-0.1, -0.05) is 17.7 Å². The second-order valence-electron chi connectivity index (χ2n) is 5.15. The molecule has 0 bridgehead atoms. The molecule has 4 heteroatoms. The molecule has 2 nitrogen and oxygen atoms in total. The largest absolute Gasteiger partial charge is 0.399 e. The van der Waals surface area contributed by atoms with Gasteiger partial charge in [-0.15, -0.1) is 0 Å². The standard InChI is InChI=1S/C16H16ClFN2/c17-15-9-13(18)4-3-12(15)10-20-7-1-2-11-8-14(19)5-6-16(11)20/h3-6,8-9H,1-2,7,10,19H2. The van der Waals surface area contributed by atoms with Crippen LogP contribution in [0.1, 0.15) is 17.5 Å². The quantitative estimate of drug-likeness (QED) is 0.847. The van der Waals surface area contributed by atoms with E-state index in [1.807, 2.05) is 12.1 Å². The zero-order chi connectivity index (χ0) is 14.1. The van der Waals surface area contributed by atoms with E-state index in [4.69, 9.17) is 17.3 Å². The average Bonchev–Trinajstić information content (AvgIpc) is 2.41. The van der Waals surface area contributed by atoms with E-state index in [0.717, 1.165) is 30.6 Å². The first-order chi connectivity index (χ1) is 9.63. The summed E-state index contributed by atoms with van der Waals surface area (Å²) in [6, 6.07) is 10.6. The molecule has 0 aliphatic carbocycles. The molecule has 1 aliphatic heterocycles. The van der Waals surface area contributed by atoms with Gasteiger partial charge in [0.15, 0.2) is 0 Å². The molecule has 0 fully saturated rings. The molecule has 1 heterocycles. The van der Waals surface area contributed by atoms with Crippen LogP contribution in [0.5, 0.6) is 0 Å². The number of fused-ring (bicyclic) bond motifs is 1. The van der Waals surface area contributed by atoms with Gasteiger partial charge in [-0.2, -0.15) is 0 Å². The molecule has 0 saturated heterocycles. The van der Waals surface area contributed by atoms with Crippen LogP contribution in [0.4, 0.5) is 15.8 Å². The number of halogens is 2. The van der Waals surface area contributed by atoms with E-state index < -0.39 is 0 Å². The molecule has 0 spiro atoms. The Morgan fingerprint density at radius 3 is 2.85 bits per heavy atom. The first-order valence-electron chi connectivity index (χ1n) is 6.71. The lowest BCUT2D eigenvalue weighted by atomic mass is 10.0. The highest BCUT2D eigenvalue weighted by Gasteiger charge is 2.18. The molecule has 1 aliphatic rings. The van der Waals surface area contributed by atoms with Crippen molar-refractivity contribution in [1.29, 1.82) is 0 Å². The van der Waals surface area contributed by atoms with E-state index in [1.54, 1.807) is 6.07 Å². The van der Waals surface area contributed by atoms with Crippen molar-refractivity contribution in [2.45, 2.75) is 19.4 Å². The third-order valence-electron chi connectivity index (χ3n) is 3.69. The molecular weight excluding hydrogens is 275 g/mol. The molecule has 2 aromatic carbocycles. The lowest BCUT2D eigenvalue weighted by Gasteiger charge is -2.31. The van der Waals surface area contributed by atoms with E-state index in [2.05, 4.69) is 11.0 Å². The van der Waals surface area contributed by atoms with Crippen LogP contribution in [0.25, 0.3) is 0 Å². The highest BCUT2D eigenvalue weighted by atomic mass is 35.5. The van der Waals surface area contributed by atoms with Crippen LogP contribution >= 0.6 is 11.6 Å². The van der Waals surface area contributed by atoms with Gasteiger partial charge in [0.25, 0.3) is 0 Å². The number of rotatable bonds is 2. The number of nitrogen functional groups attached to an aromatic ring is 1. The molecule has 0 amide bonds. The zero-order valence-corrected chi connectivity index (χ0v) is 11.8. The van der Waals surface area contributed by atoms with Gasteiger partial charge in [0.1, 0.15) is 5.82 Å². The minimum absolute atomic E-state index is 0.300. The van der Waals surface area contributed by atoms with Crippen molar-refractivity contribution in [2.24, 2.45) is 0 Å². The predicted molar refractivity (Wildman–Crippen MR) is 81.6 cm³/mol. The summed E-state index contributed by atoms with van der Waals surface area (Å²) in [4.78, 5) is 2.28. The molecule has 2 N–H and O–H groups in total. The van der Waals surface area contributed by atoms with Crippen LogP contribution in [0, 0.1) is 5.82 Å². The second-order valence-corrected chi connectivity index (χ2v) is 5.56. The molecule has 3 rings (SSSR count). The van der Waals surface area contributed by atoms with Crippen LogP contribution in [0.2, 0.25) is 5.02 Å². The van der Waals surface area contributed by atoms with Crippen molar-refractivity contribution < 1.29 is 4.39 Å². The summed E-state index contributed by atoms with van der Waals surface area (Å²) in [5.74, 6) is -0.300. The van der Waals surface area contributed by atoms with Gasteiger partial charge in [0, 0.05) is 29.5 Å².